The predicted molar refractivity (Wildman–Crippen MR) is 62.5 cm³/mol. The number of nitrogens with zero attached hydrogens (tertiary/aromatic N) is 2. The Morgan fingerprint density at radius 2 is 1.88 bits per heavy atom. The molecule has 3 aliphatic rings. The van der Waals surface area contributed by atoms with E-state index >= 15 is 0 Å². The van der Waals surface area contributed by atoms with Crippen LogP contribution in [-0.4, -0.2) is 34.9 Å². The number of hydrogen-bond donors (Lipinski definition) is 2. The molecule has 2 aliphatic carbocycles. The molecule has 0 aromatic carbocycles. The largest absolute Gasteiger partial charge is 0.409 e. The fourth-order valence-electron chi connectivity index (χ4n) is 3.50. The highest BCUT2D eigenvalue weighted by atomic mass is 16.4. The first-order valence-electron chi connectivity index (χ1n) is 6.45. The van der Waals surface area contributed by atoms with Gasteiger partial charge < -0.3 is 15.8 Å². The second-order valence-corrected chi connectivity index (χ2v) is 5.73. The Hall–Kier alpha value is -1.26. The zero-order valence-corrected chi connectivity index (χ0v) is 9.93. The van der Waals surface area contributed by atoms with Crippen LogP contribution in [0.15, 0.2) is 5.16 Å². The number of fused-ring (bicyclic) bond motifs is 1. The zero-order chi connectivity index (χ0) is 12.0. The molecule has 2 saturated carbocycles. The Bertz CT molecular complexity index is 364. The number of carbonyl (C=O) groups excluding carboxylic acids is 1. The summed E-state index contributed by atoms with van der Waals surface area (Å²) in [5, 5.41) is 11.8. The molecule has 0 aromatic rings. The van der Waals surface area contributed by atoms with E-state index in [0.29, 0.717) is 11.8 Å². The fraction of sp³-hybridized carbons (Fsp3) is 0.833. The lowest BCUT2D eigenvalue weighted by Gasteiger charge is -2.22. The van der Waals surface area contributed by atoms with Gasteiger partial charge in [0, 0.05) is 13.1 Å². The molecule has 2 unspecified atom stereocenters. The highest BCUT2D eigenvalue weighted by Gasteiger charge is 2.57. The summed E-state index contributed by atoms with van der Waals surface area (Å²) in [6.45, 7) is 1.76. The van der Waals surface area contributed by atoms with Crippen LogP contribution in [0.25, 0.3) is 0 Å². The minimum absolute atomic E-state index is 0.0854. The van der Waals surface area contributed by atoms with Crippen LogP contribution >= 0.6 is 0 Å². The molecule has 1 aliphatic heterocycles. The number of nitrogens with two attached hydrogens (primary N) is 1. The second kappa shape index (κ2) is 3.62. The maximum absolute atomic E-state index is 12.4. The number of oxime groups is 1. The molecule has 1 amide bonds. The topological polar surface area (TPSA) is 78.9 Å². The summed E-state index contributed by atoms with van der Waals surface area (Å²) in [5.74, 6) is 1.57. The van der Waals surface area contributed by atoms with E-state index in [1.54, 1.807) is 0 Å². The van der Waals surface area contributed by atoms with E-state index in [2.05, 4.69) is 5.16 Å². The van der Waals surface area contributed by atoms with Gasteiger partial charge in [0.25, 0.3) is 0 Å². The van der Waals surface area contributed by atoms with Gasteiger partial charge in [0.05, 0.1) is 0 Å². The van der Waals surface area contributed by atoms with Gasteiger partial charge in [-0.05, 0) is 37.5 Å². The van der Waals surface area contributed by atoms with E-state index in [-0.39, 0.29) is 11.7 Å². The molecular formula is C12H19N3O2. The third kappa shape index (κ3) is 1.51. The van der Waals surface area contributed by atoms with E-state index in [1.807, 2.05) is 4.90 Å². The Kier molecular flexibility index (Phi) is 2.31. The molecule has 0 radical (unpaired) electrons. The van der Waals surface area contributed by atoms with Crippen molar-refractivity contribution in [2.75, 3.05) is 13.1 Å². The Morgan fingerprint density at radius 1 is 1.29 bits per heavy atom. The van der Waals surface area contributed by atoms with Crippen molar-refractivity contribution in [3.8, 4) is 0 Å². The molecule has 0 bridgehead atoms. The van der Waals surface area contributed by atoms with Crippen molar-refractivity contribution < 1.29 is 10.0 Å². The monoisotopic (exact) mass is 237 g/mol. The summed E-state index contributed by atoms with van der Waals surface area (Å²) in [7, 11) is 0. The minimum Gasteiger partial charge on any atom is -0.409 e. The molecule has 1 saturated heterocycles. The van der Waals surface area contributed by atoms with Gasteiger partial charge in [-0.25, -0.2) is 0 Å². The number of amidine groups is 1. The normalized spacial score (nSPS) is 34.8. The standard InChI is InChI=1S/C12H19N3O2/c13-10(14-17)12(4-5-12)11(16)15-6-8-2-1-3-9(8)7-15/h8-9,17H,1-7H2,(H2,13,14). The minimum atomic E-state index is -0.659. The van der Waals surface area contributed by atoms with Gasteiger partial charge in [-0.1, -0.05) is 11.6 Å². The van der Waals surface area contributed by atoms with Crippen LogP contribution in [0.1, 0.15) is 32.1 Å². The number of amides is 1. The summed E-state index contributed by atoms with van der Waals surface area (Å²) in [4.78, 5) is 14.4. The van der Waals surface area contributed by atoms with Crippen molar-refractivity contribution in [2.45, 2.75) is 32.1 Å². The van der Waals surface area contributed by atoms with E-state index in [1.165, 1.54) is 19.3 Å². The molecule has 5 heteroatoms. The van der Waals surface area contributed by atoms with Crippen molar-refractivity contribution in [3.63, 3.8) is 0 Å². The van der Waals surface area contributed by atoms with E-state index < -0.39 is 5.41 Å². The first-order valence-corrected chi connectivity index (χ1v) is 6.45. The molecule has 3 N–H and O–H groups in total. The molecule has 0 aromatic heterocycles. The summed E-state index contributed by atoms with van der Waals surface area (Å²) in [6.07, 6.45) is 5.28. The highest BCUT2D eigenvalue weighted by Crippen LogP contribution is 2.49. The SMILES string of the molecule is NC(=NO)C1(C(=O)N2CC3CCCC3C2)CC1. The number of likely N-dealkylation sites (tertiary alicyclic amines) is 1. The predicted octanol–water partition coefficient (Wildman–Crippen LogP) is 0.771. The van der Waals surface area contributed by atoms with E-state index in [4.69, 9.17) is 10.9 Å². The molecular weight excluding hydrogens is 218 g/mol. The van der Waals surface area contributed by atoms with Crippen molar-refractivity contribution in [3.05, 3.63) is 0 Å². The van der Waals surface area contributed by atoms with Gasteiger partial charge in [-0.3, -0.25) is 4.79 Å². The summed E-state index contributed by atoms with van der Waals surface area (Å²) >= 11 is 0. The van der Waals surface area contributed by atoms with Gasteiger partial charge >= 0.3 is 0 Å². The Labute approximate surface area is 101 Å². The van der Waals surface area contributed by atoms with Crippen LogP contribution in [0, 0.1) is 17.3 Å². The first kappa shape index (κ1) is 10.9. The average molecular weight is 237 g/mol. The molecule has 1 heterocycles. The van der Waals surface area contributed by atoms with Gasteiger partial charge in [0.15, 0.2) is 5.84 Å². The van der Waals surface area contributed by atoms with Crippen LogP contribution < -0.4 is 5.73 Å². The number of carbonyl (C=O) groups is 1. The third-order valence-corrected chi connectivity index (χ3v) is 4.77. The van der Waals surface area contributed by atoms with Gasteiger partial charge in [0.1, 0.15) is 5.41 Å². The van der Waals surface area contributed by atoms with Gasteiger partial charge in [0.2, 0.25) is 5.91 Å². The van der Waals surface area contributed by atoms with Gasteiger partial charge in [-0.2, -0.15) is 0 Å². The van der Waals surface area contributed by atoms with Crippen LogP contribution in [0.2, 0.25) is 0 Å². The van der Waals surface area contributed by atoms with Crippen LogP contribution in [0.5, 0.6) is 0 Å². The van der Waals surface area contributed by atoms with E-state index in [9.17, 15) is 4.79 Å². The second-order valence-electron chi connectivity index (χ2n) is 5.73. The Balaban J connectivity index is 1.72. The maximum atomic E-state index is 12.4. The summed E-state index contributed by atoms with van der Waals surface area (Å²) in [6, 6.07) is 0. The van der Waals surface area contributed by atoms with Crippen molar-refractivity contribution in [1.29, 1.82) is 0 Å². The first-order chi connectivity index (χ1) is 8.17. The van der Waals surface area contributed by atoms with Crippen molar-refractivity contribution in [1.82, 2.24) is 4.90 Å². The number of rotatable bonds is 2. The highest BCUT2D eigenvalue weighted by molar-refractivity contribution is 6.09. The van der Waals surface area contributed by atoms with E-state index in [0.717, 1.165) is 25.9 Å². The molecule has 0 spiro atoms. The summed E-state index contributed by atoms with van der Waals surface area (Å²) in [5.41, 5.74) is 4.99. The Morgan fingerprint density at radius 3 is 2.35 bits per heavy atom. The zero-order valence-electron chi connectivity index (χ0n) is 9.93. The van der Waals surface area contributed by atoms with Crippen molar-refractivity contribution >= 4 is 11.7 Å². The third-order valence-electron chi connectivity index (χ3n) is 4.77. The molecule has 94 valence electrons. The maximum Gasteiger partial charge on any atom is 0.236 e. The quantitative estimate of drug-likeness (QED) is 0.322. The molecule has 2 atom stereocenters. The fourth-order valence-corrected chi connectivity index (χ4v) is 3.50. The van der Waals surface area contributed by atoms with Crippen LogP contribution in [-0.2, 0) is 4.79 Å². The smallest absolute Gasteiger partial charge is 0.236 e. The van der Waals surface area contributed by atoms with Crippen molar-refractivity contribution in [2.24, 2.45) is 28.1 Å². The molecule has 17 heavy (non-hydrogen) atoms. The lowest BCUT2D eigenvalue weighted by Crippen LogP contribution is -2.42. The summed E-state index contributed by atoms with van der Waals surface area (Å²) < 4.78 is 0. The molecule has 3 rings (SSSR count). The number of hydrogen-bond acceptors (Lipinski definition) is 3. The lowest BCUT2D eigenvalue weighted by atomic mass is 10.0. The average Bonchev–Trinajstić information content (AvgIpc) is 2.86. The lowest BCUT2D eigenvalue weighted by molar-refractivity contribution is -0.133. The van der Waals surface area contributed by atoms with Gasteiger partial charge in [-0.15, -0.1) is 0 Å². The molecule has 5 nitrogen and oxygen atoms in total. The van der Waals surface area contributed by atoms with Crippen LogP contribution in [0.4, 0.5) is 0 Å². The van der Waals surface area contributed by atoms with Crippen LogP contribution in [0.3, 0.4) is 0 Å². The molecule has 3 fully saturated rings.